The molecule has 0 unspecified atom stereocenters. The molecule has 84 valence electrons. The van der Waals surface area contributed by atoms with Crippen molar-refractivity contribution >= 4 is 0 Å². The average molecular weight is 211 g/mol. The third kappa shape index (κ3) is 3.11. The van der Waals surface area contributed by atoms with Crippen LogP contribution < -0.4 is 15.4 Å². The topological polar surface area (TPSA) is 53.7 Å². The van der Waals surface area contributed by atoms with Gasteiger partial charge in [0.1, 0.15) is 0 Å². The maximum Gasteiger partial charge on any atom is 0.167 e. The van der Waals surface area contributed by atoms with Gasteiger partial charge in [0.05, 0.1) is 19.8 Å². The summed E-state index contributed by atoms with van der Waals surface area (Å²) in [5.74, 6) is 6.44. The van der Waals surface area contributed by atoms with Gasteiger partial charge in [-0.2, -0.15) is 0 Å². The van der Waals surface area contributed by atoms with Crippen LogP contribution in [-0.2, 0) is 11.4 Å². The van der Waals surface area contributed by atoms with Crippen LogP contribution in [0.1, 0.15) is 19.4 Å². The Balaban J connectivity index is 3.02. The average Bonchev–Trinajstić information content (AvgIpc) is 2.20. The summed E-state index contributed by atoms with van der Waals surface area (Å²) in [6.07, 6.45) is 0.0813. The Bertz CT molecular complexity index is 313. The van der Waals surface area contributed by atoms with Crippen molar-refractivity contribution in [2.45, 2.75) is 26.6 Å². The second-order valence-corrected chi connectivity index (χ2v) is 3.43. The molecule has 2 N–H and O–H groups in total. The molecule has 0 heterocycles. The number of para-hydroxylation sites is 1. The van der Waals surface area contributed by atoms with Crippen molar-refractivity contribution in [1.29, 1.82) is 0 Å². The Labute approximate surface area is 89.9 Å². The van der Waals surface area contributed by atoms with E-state index in [1.165, 1.54) is 0 Å². The number of ether oxygens (including phenoxy) is 2. The van der Waals surface area contributed by atoms with E-state index in [0.29, 0.717) is 18.1 Å². The van der Waals surface area contributed by atoms with E-state index >= 15 is 0 Å². The summed E-state index contributed by atoms with van der Waals surface area (Å²) in [6.45, 7) is 4.22. The number of hydrogen-bond acceptors (Lipinski definition) is 4. The predicted octanol–water partition coefficient (Wildman–Crippen LogP) is 1.87. The van der Waals surface area contributed by atoms with Gasteiger partial charge in [-0.3, -0.25) is 4.84 Å². The second kappa shape index (κ2) is 5.58. The number of methoxy groups -OCH3 is 1. The lowest BCUT2D eigenvalue weighted by molar-refractivity contribution is 0.119. The molecule has 1 aromatic rings. The van der Waals surface area contributed by atoms with Gasteiger partial charge in [-0.1, -0.05) is 12.1 Å². The highest BCUT2D eigenvalue weighted by Crippen LogP contribution is 2.32. The highest BCUT2D eigenvalue weighted by Gasteiger charge is 2.11. The highest BCUT2D eigenvalue weighted by atomic mass is 16.6. The van der Waals surface area contributed by atoms with Gasteiger partial charge in [0.2, 0.25) is 0 Å². The van der Waals surface area contributed by atoms with E-state index in [-0.39, 0.29) is 6.10 Å². The van der Waals surface area contributed by atoms with E-state index in [2.05, 4.69) is 4.84 Å². The van der Waals surface area contributed by atoms with E-state index in [9.17, 15) is 0 Å². The predicted molar refractivity (Wildman–Crippen MR) is 57.7 cm³/mol. The van der Waals surface area contributed by atoms with Crippen LogP contribution in [0.3, 0.4) is 0 Å². The normalized spacial score (nSPS) is 10.5. The molecule has 4 heteroatoms. The number of rotatable bonds is 5. The standard InChI is InChI=1S/C11H17NO3/c1-8(2)15-11-9(7-14-12)5-4-6-10(11)13-3/h4-6,8H,7,12H2,1-3H3. The first kappa shape index (κ1) is 11.8. The first-order valence-electron chi connectivity index (χ1n) is 4.83. The first-order valence-corrected chi connectivity index (χ1v) is 4.83. The molecule has 1 aromatic carbocycles. The lowest BCUT2D eigenvalue weighted by Gasteiger charge is -2.16. The number of hydrogen-bond donors (Lipinski definition) is 1. The molecule has 15 heavy (non-hydrogen) atoms. The lowest BCUT2D eigenvalue weighted by Crippen LogP contribution is -2.10. The van der Waals surface area contributed by atoms with Crippen molar-refractivity contribution in [2.24, 2.45) is 5.90 Å². The van der Waals surface area contributed by atoms with Gasteiger partial charge in [0.25, 0.3) is 0 Å². The molecule has 0 amide bonds. The molecule has 0 saturated heterocycles. The largest absolute Gasteiger partial charge is 0.493 e. The highest BCUT2D eigenvalue weighted by molar-refractivity contribution is 5.46. The minimum absolute atomic E-state index is 0.0813. The quantitative estimate of drug-likeness (QED) is 0.755. The third-order valence-corrected chi connectivity index (χ3v) is 1.87. The maximum atomic E-state index is 5.66. The fourth-order valence-electron chi connectivity index (χ4n) is 1.29. The first-order chi connectivity index (χ1) is 7.19. The van der Waals surface area contributed by atoms with Gasteiger partial charge in [0, 0.05) is 5.56 Å². The zero-order valence-electron chi connectivity index (χ0n) is 9.32. The van der Waals surface area contributed by atoms with Crippen molar-refractivity contribution in [1.82, 2.24) is 0 Å². The van der Waals surface area contributed by atoms with Gasteiger partial charge < -0.3 is 9.47 Å². The van der Waals surface area contributed by atoms with E-state index in [1.807, 2.05) is 32.0 Å². The van der Waals surface area contributed by atoms with Crippen LogP contribution in [0.25, 0.3) is 0 Å². The van der Waals surface area contributed by atoms with Gasteiger partial charge in [-0.25, -0.2) is 5.90 Å². The Morgan fingerprint density at radius 3 is 2.60 bits per heavy atom. The molecule has 0 radical (unpaired) electrons. The molecule has 0 fully saturated rings. The summed E-state index contributed by atoms with van der Waals surface area (Å²) in [6, 6.07) is 5.62. The Morgan fingerprint density at radius 2 is 2.07 bits per heavy atom. The molecule has 0 saturated carbocycles. The van der Waals surface area contributed by atoms with E-state index in [1.54, 1.807) is 7.11 Å². The van der Waals surface area contributed by atoms with Crippen molar-refractivity contribution in [3.05, 3.63) is 23.8 Å². The van der Waals surface area contributed by atoms with Crippen molar-refractivity contribution < 1.29 is 14.3 Å². The fourth-order valence-corrected chi connectivity index (χ4v) is 1.29. The SMILES string of the molecule is COc1cccc(CON)c1OC(C)C. The summed E-state index contributed by atoms with van der Waals surface area (Å²) >= 11 is 0. The zero-order chi connectivity index (χ0) is 11.3. The van der Waals surface area contributed by atoms with E-state index < -0.39 is 0 Å². The summed E-state index contributed by atoms with van der Waals surface area (Å²) in [5, 5.41) is 0. The molecule has 4 nitrogen and oxygen atoms in total. The zero-order valence-corrected chi connectivity index (χ0v) is 9.32. The van der Waals surface area contributed by atoms with Crippen molar-refractivity contribution in [3.63, 3.8) is 0 Å². The molecule has 0 aliphatic carbocycles. The van der Waals surface area contributed by atoms with Crippen LogP contribution in [-0.4, -0.2) is 13.2 Å². The smallest absolute Gasteiger partial charge is 0.167 e. The molecule has 0 atom stereocenters. The summed E-state index contributed by atoms with van der Waals surface area (Å²) in [7, 11) is 1.61. The van der Waals surface area contributed by atoms with Crippen LogP contribution in [0, 0.1) is 0 Å². The van der Waals surface area contributed by atoms with Crippen molar-refractivity contribution in [3.8, 4) is 11.5 Å². The summed E-state index contributed by atoms with van der Waals surface area (Å²) in [4.78, 5) is 4.61. The fraction of sp³-hybridized carbons (Fsp3) is 0.455. The Hall–Kier alpha value is -1.26. The number of nitrogens with two attached hydrogens (primary N) is 1. The van der Waals surface area contributed by atoms with Gasteiger partial charge in [-0.05, 0) is 19.9 Å². The second-order valence-electron chi connectivity index (χ2n) is 3.43. The van der Waals surface area contributed by atoms with Crippen LogP contribution in [0.2, 0.25) is 0 Å². The Morgan fingerprint density at radius 1 is 1.33 bits per heavy atom. The van der Waals surface area contributed by atoms with Crippen LogP contribution in [0.15, 0.2) is 18.2 Å². The van der Waals surface area contributed by atoms with Crippen LogP contribution in [0.4, 0.5) is 0 Å². The maximum absolute atomic E-state index is 5.66. The molecule has 0 spiro atoms. The van der Waals surface area contributed by atoms with Crippen LogP contribution >= 0.6 is 0 Å². The minimum Gasteiger partial charge on any atom is -0.493 e. The van der Waals surface area contributed by atoms with E-state index in [4.69, 9.17) is 15.4 Å². The minimum atomic E-state index is 0.0813. The molecule has 0 bridgehead atoms. The Kier molecular flexibility index (Phi) is 4.39. The molecular weight excluding hydrogens is 194 g/mol. The molecule has 0 aliphatic heterocycles. The lowest BCUT2D eigenvalue weighted by atomic mass is 10.2. The van der Waals surface area contributed by atoms with Gasteiger partial charge >= 0.3 is 0 Å². The molecule has 1 rings (SSSR count). The molecule has 0 aromatic heterocycles. The molecule has 0 aliphatic rings. The van der Waals surface area contributed by atoms with Crippen molar-refractivity contribution in [2.75, 3.05) is 7.11 Å². The molecular formula is C11H17NO3. The van der Waals surface area contributed by atoms with Gasteiger partial charge in [-0.15, -0.1) is 0 Å². The monoisotopic (exact) mass is 211 g/mol. The van der Waals surface area contributed by atoms with Crippen LogP contribution in [0.5, 0.6) is 11.5 Å². The van der Waals surface area contributed by atoms with E-state index in [0.717, 1.165) is 5.56 Å². The summed E-state index contributed by atoms with van der Waals surface area (Å²) in [5.41, 5.74) is 0.880. The third-order valence-electron chi connectivity index (χ3n) is 1.87. The van der Waals surface area contributed by atoms with Gasteiger partial charge in [0.15, 0.2) is 11.5 Å². The summed E-state index contributed by atoms with van der Waals surface area (Å²) < 4.78 is 10.9. The number of benzene rings is 1.